The van der Waals surface area contributed by atoms with Crippen LogP contribution in [-0.4, -0.2) is 36.4 Å². The van der Waals surface area contributed by atoms with Crippen LogP contribution in [-0.2, 0) is 18.4 Å². The summed E-state index contributed by atoms with van der Waals surface area (Å²) in [7, 11) is 0. The Balaban J connectivity index is 4.22. The number of halogens is 1. The summed E-state index contributed by atoms with van der Waals surface area (Å²) in [6, 6.07) is -0.604. The molecule has 2 N–H and O–H groups in total. The first-order valence-corrected chi connectivity index (χ1v) is 23.0. The summed E-state index contributed by atoms with van der Waals surface area (Å²) in [5, 5.41) is 13.9. The van der Waals surface area contributed by atoms with E-state index in [1.54, 1.807) is 0 Å². The van der Waals surface area contributed by atoms with Crippen molar-refractivity contribution in [3.63, 3.8) is 0 Å². The highest BCUT2D eigenvalue weighted by molar-refractivity contribution is 9.39. The highest BCUT2D eigenvalue weighted by Gasteiger charge is 2.27. The Hall–Kier alpha value is 0.0600. The number of amides is 1. The fourth-order valence-electron chi connectivity index (χ4n) is 5.81. The van der Waals surface area contributed by atoms with Gasteiger partial charge in [-0.3, -0.25) is 9.32 Å². The number of hydrogen-bond acceptors (Lipinski definition) is 5. The molecule has 8 heteroatoms. The van der Waals surface area contributed by atoms with Gasteiger partial charge in [0, 0.05) is 21.9 Å². The van der Waals surface area contributed by atoms with E-state index in [0.29, 0.717) is 19.4 Å². The molecule has 0 aliphatic rings. The van der Waals surface area contributed by atoms with Gasteiger partial charge in [0.2, 0.25) is 5.91 Å². The summed E-state index contributed by atoms with van der Waals surface area (Å²) in [6.45, 7) is 6.74. The van der Waals surface area contributed by atoms with Crippen LogP contribution < -0.4 is 5.32 Å². The van der Waals surface area contributed by atoms with Crippen molar-refractivity contribution in [1.29, 1.82) is 0 Å². The smallest absolute Gasteiger partial charge is 0.391 e. The van der Waals surface area contributed by atoms with E-state index in [4.69, 9.17) is 9.05 Å². The van der Waals surface area contributed by atoms with Gasteiger partial charge in [-0.15, -0.1) is 0 Å². The molecule has 270 valence electrons. The molecule has 0 heterocycles. The Kier molecular flexibility index (Phi) is 34.0. The summed E-state index contributed by atoms with van der Waals surface area (Å²) in [5.74, 6) is -0.0741. The standard InChI is InChI=1S/C37H75BrNO5P/c1-4-7-9-11-13-15-17-19-21-23-25-27-29-31-36(40)35(34-44-45(38,42)43-33-6-3)39-37(41)32-30-28-26-24-22-20-18-16-14-12-10-8-5-2/h35-36,40H,4-34H2,1-3H3,(H,39,41)/t35-,36+,45?/m0/s1. The molecule has 0 spiro atoms. The molecule has 0 aliphatic carbocycles. The Bertz CT molecular complexity index is 683. The lowest BCUT2D eigenvalue weighted by Gasteiger charge is -2.25. The average molecular weight is 725 g/mol. The Morgan fingerprint density at radius 2 is 0.978 bits per heavy atom. The average Bonchev–Trinajstić information content (AvgIpc) is 3.02. The van der Waals surface area contributed by atoms with Gasteiger partial charge < -0.3 is 14.9 Å². The zero-order valence-electron chi connectivity index (χ0n) is 30.0. The zero-order valence-corrected chi connectivity index (χ0v) is 32.5. The first kappa shape index (κ1) is 45.1. The predicted octanol–water partition coefficient (Wildman–Crippen LogP) is 12.7. The predicted molar refractivity (Wildman–Crippen MR) is 197 cm³/mol. The van der Waals surface area contributed by atoms with E-state index in [-0.39, 0.29) is 12.5 Å². The molecule has 3 atom stereocenters. The quantitative estimate of drug-likeness (QED) is 0.0496. The Labute approximate surface area is 288 Å². The van der Waals surface area contributed by atoms with Crippen LogP contribution in [0.1, 0.15) is 207 Å². The fourth-order valence-corrected chi connectivity index (χ4v) is 7.41. The molecule has 0 rings (SSSR count). The van der Waals surface area contributed by atoms with E-state index in [0.717, 1.165) is 32.1 Å². The molecule has 0 aromatic carbocycles. The molecule has 0 aromatic heterocycles. The van der Waals surface area contributed by atoms with Gasteiger partial charge in [0.05, 0.1) is 25.4 Å². The number of carbonyl (C=O) groups is 1. The van der Waals surface area contributed by atoms with Gasteiger partial charge in [-0.25, -0.2) is 4.57 Å². The summed E-state index contributed by atoms with van der Waals surface area (Å²) in [6.07, 6.45) is 30.7. The third-order valence-electron chi connectivity index (χ3n) is 8.78. The SMILES string of the molecule is CCCCCCCCCCCCCCCC(=O)N[C@@H](COP(=O)(Br)OCCC)[C@H](O)CCCCCCCCCCCCCCC. The Morgan fingerprint density at radius 3 is 1.38 bits per heavy atom. The molecule has 0 aromatic rings. The third-order valence-corrected chi connectivity index (χ3v) is 11.0. The van der Waals surface area contributed by atoms with Crippen LogP contribution in [0.4, 0.5) is 0 Å². The molecule has 6 nitrogen and oxygen atoms in total. The van der Waals surface area contributed by atoms with Crippen LogP contribution in [0.5, 0.6) is 0 Å². The normalized spacial score (nSPS) is 14.3. The first-order chi connectivity index (χ1) is 21.9. The van der Waals surface area contributed by atoms with Crippen molar-refractivity contribution >= 4 is 27.7 Å². The van der Waals surface area contributed by atoms with Crippen LogP contribution in [0.3, 0.4) is 0 Å². The molecule has 0 saturated carbocycles. The van der Waals surface area contributed by atoms with Gasteiger partial charge in [0.1, 0.15) is 0 Å². The molecule has 45 heavy (non-hydrogen) atoms. The van der Waals surface area contributed by atoms with Gasteiger partial charge in [0.15, 0.2) is 0 Å². The van der Waals surface area contributed by atoms with E-state index in [9.17, 15) is 14.5 Å². The number of rotatable bonds is 36. The van der Waals surface area contributed by atoms with Crippen molar-refractivity contribution in [2.45, 2.75) is 219 Å². The second kappa shape index (κ2) is 33.9. The molecule has 1 amide bonds. The van der Waals surface area contributed by atoms with Crippen LogP contribution >= 0.6 is 21.8 Å². The topological polar surface area (TPSA) is 84.9 Å². The molecule has 0 radical (unpaired) electrons. The van der Waals surface area contributed by atoms with Crippen molar-refractivity contribution in [1.82, 2.24) is 5.32 Å². The minimum absolute atomic E-state index is 0.0454. The summed E-state index contributed by atoms with van der Waals surface area (Å²) >= 11 is 3.06. The highest BCUT2D eigenvalue weighted by atomic mass is 79.9. The van der Waals surface area contributed by atoms with E-state index < -0.39 is 18.4 Å². The number of unbranched alkanes of at least 4 members (excludes halogenated alkanes) is 24. The lowest BCUT2D eigenvalue weighted by atomic mass is 10.0. The second-order valence-electron chi connectivity index (χ2n) is 13.3. The maximum atomic E-state index is 12.8. The van der Waals surface area contributed by atoms with E-state index in [2.05, 4.69) is 34.7 Å². The van der Waals surface area contributed by atoms with Gasteiger partial charge in [-0.1, -0.05) is 181 Å². The van der Waals surface area contributed by atoms with Crippen molar-refractivity contribution in [2.75, 3.05) is 13.2 Å². The van der Waals surface area contributed by atoms with E-state index in [1.807, 2.05) is 6.92 Å². The first-order valence-electron chi connectivity index (χ1n) is 19.4. The number of aliphatic hydroxyl groups excluding tert-OH is 1. The van der Waals surface area contributed by atoms with Gasteiger partial charge in [-0.2, -0.15) is 0 Å². The molecular formula is C37H75BrNO5P. The van der Waals surface area contributed by atoms with Gasteiger partial charge >= 0.3 is 6.30 Å². The van der Waals surface area contributed by atoms with E-state index >= 15 is 0 Å². The minimum atomic E-state index is -3.41. The number of aliphatic hydroxyl groups is 1. The molecule has 0 saturated heterocycles. The van der Waals surface area contributed by atoms with Crippen LogP contribution in [0.2, 0.25) is 0 Å². The van der Waals surface area contributed by atoms with Crippen LogP contribution in [0, 0.1) is 0 Å². The van der Waals surface area contributed by atoms with Crippen molar-refractivity contribution < 1.29 is 23.5 Å². The molecular weight excluding hydrogens is 649 g/mol. The lowest BCUT2D eigenvalue weighted by Crippen LogP contribution is -2.46. The molecule has 0 aliphatic heterocycles. The van der Waals surface area contributed by atoms with Gasteiger partial charge in [-0.05, 0) is 19.3 Å². The van der Waals surface area contributed by atoms with Crippen molar-refractivity contribution in [2.24, 2.45) is 0 Å². The van der Waals surface area contributed by atoms with Crippen LogP contribution in [0.25, 0.3) is 0 Å². The van der Waals surface area contributed by atoms with Crippen LogP contribution in [0.15, 0.2) is 0 Å². The lowest BCUT2D eigenvalue weighted by molar-refractivity contribution is -0.123. The third kappa shape index (κ3) is 32.4. The minimum Gasteiger partial charge on any atom is -0.391 e. The Morgan fingerprint density at radius 1 is 0.600 bits per heavy atom. The van der Waals surface area contributed by atoms with E-state index in [1.165, 1.54) is 141 Å². The maximum absolute atomic E-state index is 12.8. The van der Waals surface area contributed by atoms with Crippen molar-refractivity contribution in [3.8, 4) is 0 Å². The summed E-state index contributed by atoms with van der Waals surface area (Å²) in [4.78, 5) is 12.8. The number of hydrogen-bond donors (Lipinski definition) is 2. The molecule has 0 fully saturated rings. The largest absolute Gasteiger partial charge is 0.396 e. The number of nitrogens with one attached hydrogen (secondary N) is 1. The fraction of sp³-hybridized carbons (Fsp3) is 0.973. The molecule has 0 bridgehead atoms. The summed E-state index contributed by atoms with van der Waals surface area (Å²) < 4.78 is 23.4. The van der Waals surface area contributed by atoms with Crippen molar-refractivity contribution in [3.05, 3.63) is 0 Å². The second-order valence-corrected chi connectivity index (χ2v) is 17.3. The summed E-state index contributed by atoms with van der Waals surface area (Å²) in [5.41, 5.74) is 0. The monoisotopic (exact) mass is 723 g/mol. The molecule has 1 unspecified atom stereocenters. The zero-order chi connectivity index (χ0) is 33.3. The maximum Gasteiger partial charge on any atom is 0.396 e. The van der Waals surface area contributed by atoms with Gasteiger partial charge in [0.25, 0.3) is 0 Å². The number of carbonyl (C=O) groups excluding carboxylic acids is 1. The highest BCUT2D eigenvalue weighted by Crippen LogP contribution is 2.56.